The molecule has 6 heteroatoms. The van der Waals surface area contributed by atoms with E-state index in [1.54, 1.807) is 19.3 Å². The van der Waals surface area contributed by atoms with Crippen molar-refractivity contribution >= 4 is 23.4 Å². The Labute approximate surface area is 175 Å². The van der Waals surface area contributed by atoms with Gasteiger partial charge in [0.05, 0.1) is 28.7 Å². The van der Waals surface area contributed by atoms with Crippen molar-refractivity contribution in [2.45, 2.75) is 52.7 Å². The molecule has 3 heterocycles. The van der Waals surface area contributed by atoms with Gasteiger partial charge in [-0.3, -0.25) is 4.79 Å². The lowest BCUT2D eigenvalue weighted by Crippen LogP contribution is -2.47. The summed E-state index contributed by atoms with van der Waals surface area (Å²) in [6.07, 6.45) is 7.96. The minimum Gasteiger partial charge on any atom is -0.482 e. The first-order valence-electron chi connectivity index (χ1n) is 10.0. The number of halogens is 1. The Morgan fingerprint density at radius 3 is 2.72 bits per heavy atom. The van der Waals surface area contributed by atoms with Crippen molar-refractivity contribution in [2.24, 2.45) is 17.8 Å². The average molecular weight is 417 g/mol. The van der Waals surface area contributed by atoms with Gasteiger partial charge in [-0.05, 0) is 31.9 Å². The van der Waals surface area contributed by atoms with Gasteiger partial charge in [0.25, 0.3) is 0 Å². The van der Waals surface area contributed by atoms with Crippen LogP contribution in [0, 0.1) is 17.8 Å². The van der Waals surface area contributed by atoms with Gasteiger partial charge in [0.2, 0.25) is 5.78 Å². The van der Waals surface area contributed by atoms with Crippen LogP contribution >= 0.6 is 11.6 Å². The van der Waals surface area contributed by atoms with Crippen molar-refractivity contribution in [1.82, 2.24) is 0 Å². The van der Waals surface area contributed by atoms with Gasteiger partial charge in [0.1, 0.15) is 17.6 Å². The summed E-state index contributed by atoms with van der Waals surface area (Å²) in [7, 11) is 0. The Balaban J connectivity index is 1.79. The van der Waals surface area contributed by atoms with Crippen LogP contribution in [0.4, 0.5) is 0 Å². The number of esters is 1. The number of carbonyl (C=O) groups excluding carboxylic acids is 2. The number of hydrogen-bond donors (Lipinski definition) is 0. The SMILES string of the molecule is CC[C@H](C)/C=C\C1=CC2=C(Cl)C(=O)[C@@]3(C)OC4=C(C(=O)O[C@H](C)[C@H]4C)[C@H]3C2=CO1. The smallest absolute Gasteiger partial charge is 0.338 e. The van der Waals surface area contributed by atoms with Crippen molar-refractivity contribution in [1.29, 1.82) is 0 Å². The topological polar surface area (TPSA) is 61.8 Å². The van der Waals surface area contributed by atoms with Gasteiger partial charge in [-0.2, -0.15) is 0 Å². The molecule has 1 aliphatic carbocycles. The van der Waals surface area contributed by atoms with Crippen LogP contribution in [-0.2, 0) is 23.8 Å². The molecule has 5 nitrogen and oxygen atoms in total. The van der Waals surface area contributed by atoms with Crippen LogP contribution < -0.4 is 0 Å². The van der Waals surface area contributed by atoms with E-state index in [0.29, 0.717) is 34.2 Å². The first-order valence-corrected chi connectivity index (χ1v) is 10.4. The lowest BCUT2D eigenvalue weighted by Gasteiger charge is -2.37. The predicted octanol–water partition coefficient (Wildman–Crippen LogP) is 4.70. The Kier molecular flexibility index (Phi) is 4.77. The summed E-state index contributed by atoms with van der Waals surface area (Å²) in [5, 5.41) is 0.0988. The molecule has 5 atom stereocenters. The summed E-state index contributed by atoms with van der Waals surface area (Å²) in [5.41, 5.74) is 0.359. The van der Waals surface area contributed by atoms with Gasteiger partial charge in [-0.25, -0.2) is 4.79 Å². The van der Waals surface area contributed by atoms with Crippen LogP contribution in [0.25, 0.3) is 0 Å². The third kappa shape index (κ3) is 2.90. The van der Waals surface area contributed by atoms with Gasteiger partial charge in [0.15, 0.2) is 5.60 Å². The number of allylic oxidation sites excluding steroid dienone is 4. The van der Waals surface area contributed by atoms with E-state index >= 15 is 0 Å². The molecule has 0 aromatic rings. The van der Waals surface area contributed by atoms with Crippen LogP contribution in [0.15, 0.2) is 57.8 Å². The van der Waals surface area contributed by atoms with Crippen molar-refractivity contribution in [3.8, 4) is 0 Å². The molecule has 0 unspecified atom stereocenters. The van der Waals surface area contributed by atoms with Gasteiger partial charge >= 0.3 is 5.97 Å². The molecule has 29 heavy (non-hydrogen) atoms. The number of cyclic esters (lactones) is 1. The number of fused-ring (bicyclic) bond motifs is 4. The maximum absolute atomic E-state index is 13.2. The van der Waals surface area contributed by atoms with E-state index in [1.165, 1.54) is 0 Å². The van der Waals surface area contributed by atoms with Gasteiger partial charge in [-0.1, -0.05) is 44.9 Å². The van der Waals surface area contributed by atoms with Crippen LogP contribution in [0.2, 0.25) is 0 Å². The van der Waals surface area contributed by atoms with E-state index in [-0.39, 0.29) is 22.8 Å². The Bertz CT molecular complexity index is 950. The average Bonchev–Trinajstić information content (AvgIpc) is 3.03. The number of ketones is 1. The lowest BCUT2D eigenvalue weighted by molar-refractivity contribution is -0.148. The molecular formula is C23H25ClO5. The number of ether oxygens (including phenoxy) is 3. The summed E-state index contributed by atoms with van der Waals surface area (Å²) in [4.78, 5) is 26.0. The second kappa shape index (κ2) is 6.91. The molecule has 0 radical (unpaired) electrons. The highest BCUT2D eigenvalue weighted by Gasteiger charge is 2.61. The van der Waals surface area contributed by atoms with Crippen molar-refractivity contribution in [2.75, 3.05) is 0 Å². The van der Waals surface area contributed by atoms with Gasteiger partial charge in [0, 0.05) is 11.1 Å². The standard InChI is InChI=1S/C23H25ClO5/c1-6-11(2)7-8-14-9-15-16(10-27-14)18-17-20(12(3)13(4)28-22(17)26)29-23(18,5)21(25)19(15)24/h7-13,18H,6H2,1-5H3/b8-7-/t11-,12+,13+,18+,23-/m0/s1. The molecule has 0 N–H and O–H groups in total. The normalized spacial score (nSPS) is 34.6. The second-order valence-electron chi connectivity index (χ2n) is 8.36. The first-order chi connectivity index (χ1) is 13.7. The summed E-state index contributed by atoms with van der Waals surface area (Å²) in [5.74, 6) is -0.00984. The van der Waals surface area contributed by atoms with Crippen LogP contribution in [0.5, 0.6) is 0 Å². The summed E-state index contributed by atoms with van der Waals surface area (Å²) >= 11 is 6.50. The zero-order valence-corrected chi connectivity index (χ0v) is 18.0. The van der Waals surface area contributed by atoms with Crippen molar-refractivity contribution < 1.29 is 23.8 Å². The van der Waals surface area contributed by atoms with E-state index in [1.807, 2.05) is 19.9 Å². The van der Waals surface area contributed by atoms with Crippen molar-refractivity contribution in [3.63, 3.8) is 0 Å². The Hall–Kier alpha value is -2.27. The highest BCUT2D eigenvalue weighted by molar-refractivity contribution is 6.45. The van der Waals surface area contributed by atoms with Crippen LogP contribution in [0.1, 0.15) is 41.0 Å². The summed E-state index contributed by atoms with van der Waals surface area (Å²) in [6.45, 7) is 9.66. The Morgan fingerprint density at radius 2 is 2.03 bits per heavy atom. The minimum absolute atomic E-state index is 0.0988. The molecule has 0 amide bonds. The fourth-order valence-electron chi connectivity index (χ4n) is 4.18. The monoisotopic (exact) mass is 416 g/mol. The molecule has 4 aliphatic rings. The number of rotatable bonds is 3. The molecule has 0 spiro atoms. The quantitative estimate of drug-likeness (QED) is 0.624. The molecule has 3 aliphatic heterocycles. The van der Waals surface area contributed by atoms with Gasteiger partial charge < -0.3 is 14.2 Å². The number of carbonyl (C=O) groups is 2. The van der Waals surface area contributed by atoms with E-state index < -0.39 is 17.5 Å². The highest BCUT2D eigenvalue weighted by atomic mass is 35.5. The zero-order valence-electron chi connectivity index (χ0n) is 17.2. The van der Waals surface area contributed by atoms with Crippen molar-refractivity contribution in [3.05, 3.63) is 57.8 Å². The highest BCUT2D eigenvalue weighted by Crippen LogP contribution is 2.55. The lowest BCUT2D eigenvalue weighted by atomic mass is 9.69. The molecule has 0 aromatic heterocycles. The molecular weight excluding hydrogens is 392 g/mol. The third-order valence-electron chi connectivity index (χ3n) is 6.41. The fraction of sp³-hybridized carbons (Fsp3) is 0.478. The second-order valence-corrected chi connectivity index (χ2v) is 8.74. The van der Waals surface area contributed by atoms with Crippen LogP contribution in [-0.4, -0.2) is 23.5 Å². The third-order valence-corrected chi connectivity index (χ3v) is 6.78. The van der Waals surface area contributed by atoms with E-state index in [4.69, 9.17) is 25.8 Å². The van der Waals surface area contributed by atoms with Crippen LogP contribution in [0.3, 0.4) is 0 Å². The number of Topliss-reactive ketones (excluding diaryl/α,β-unsaturated/α-hetero) is 1. The fourth-order valence-corrected chi connectivity index (χ4v) is 4.54. The number of hydrogen-bond acceptors (Lipinski definition) is 5. The van der Waals surface area contributed by atoms with E-state index in [0.717, 1.165) is 6.42 Å². The largest absolute Gasteiger partial charge is 0.482 e. The van der Waals surface area contributed by atoms with Gasteiger partial charge in [-0.15, -0.1) is 0 Å². The summed E-state index contributed by atoms with van der Waals surface area (Å²) in [6, 6.07) is 0. The molecule has 4 rings (SSSR count). The minimum atomic E-state index is -1.28. The zero-order chi connectivity index (χ0) is 21.1. The molecule has 154 valence electrons. The Morgan fingerprint density at radius 1 is 1.31 bits per heavy atom. The van der Waals surface area contributed by atoms with E-state index in [2.05, 4.69) is 19.9 Å². The molecule has 0 saturated heterocycles. The summed E-state index contributed by atoms with van der Waals surface area (Å²) < 4.78 is 17.5. The molecule has 0 bridgehead atoms. The van der Waals surface area contributed by atoms with E-state index in [9.17, 15) is 9.59 Å². The molecule has 0 fully saturated rings. The molecule has 0 aromatic carbocycles. The maximum atomic E-state index is 13.2. The molecule has 0 saturated carbocycles. The first kappa shape index (κ1) is 20.0. The maximum Gasteiger partial charge on any atom is 0.338 e. The predicted molar refractivity (Wildman–Crippen MR) is 108 cm³/mol.